The van der Waals surface area contributed by atoms with E-state index in [1.165, 1.54) is 6.07 Å². The Bertz CT molecular complexity index is 762. The number of rotatable bonds is 3. The maximum absolute atomic E-state index is 13.9. The highest BCUT2D eigenvalue weighted by molar-refractivity contribution is 5.97. The first kappa shape index (κ1) is 12.7. The van der Waals surface area contributed by atoms with Crippen LogP contribution in [0.15, 0.2) is 36.4 Å². The van der Waals surface area contributed by atoms with E-state index in [0.29, 0.717) is 11.2 Å². The molecule has 0 saturated carbocycles. The number of nitrogens with two attached hydrogens (primary N) is 1. The number of nitrogens with zero attached hydrogens (tertiary/aromatic N) is 1. The Hall–Kier alpha value is -2.36. The monoisotopic (exact) mass is 269 g/mol. The highest BCUT2D eigenvalue weighted by Gasteiger charge is 2.15. The van der Waals surface area contributed by atoms with Crippen molar-refractivity contribution in [3.05, 3.63) is 47.8 Å². The Morgan fingerprint density at radius 2 is 1.90 bits per heavy atom. The summed E-state index contributed by atoms with van der Waals surface area (Å²) in [6.45, 7) is 2.10. The molecule has 0 fully saturated rings. The van der Waals surface area contributed by atoms with E-state index in [2.05, 4.69) is 17.1 Å². The summed E-state index contributed by atoms with van der Waals surface area (Å²) in [7, 11) is 0. The van der Waals surface area contributed by atoms with Crippen LogP contribution in [-0.2, 0) is 6.42 Å². The van der Waals surface area contributed by atoms with Gasteiger partial charge in [-0.3, -0.25) is 5.10 Å². The topological polar surface area (TPSA) is 54.7 Å². The molecule has 0 aliphatic rings. The SMILES string of the molecule is CCCc1c(N)n[nH]c1-c1ccc(F)c2ccccc12. The Morgan fingerprint density at radius 1 is 1.15 bits per heavy atom. The number of benzene rings is 2. The number of hydrogen-bond donors (Lipinski definition) is 2. The summed E-state index contributed by atoms with van der Waals surface area (Å²) in [4.78, 5) is 0. The zero-order valence-corrected chi connectivity index (χ0v) is 11.3. The van der Waals surface area contributed by atoms with Crippen LogP contribution >= 0.6 is 0 Å². The number of fused-ring (bicyclic) bond motifs is 1. The molecule has 0 bridgehead atoms. The lowest BCUT2D eigenvalue weighted by Gasteiger charge is -2.08. The van der Waals surface area contributed by atoms with Crippen molar-refractivity contribution in [2.45, 2.75) is 19.8 Å². The minimum absolute atomic E-state index is 0.214. The molecular formula is C16H16FN3. The second-order valence-corrected chi connectivity index (χ2v) is 4.85. The first-order chi connectivity index (χ1) is 9.72. The lowest BCUT2D eigenvalue weighted by atomic mass is 9.98. The average Bonchev–Trinajstić information content (AvgIpc) is 2.82. The molecule has 3 nitrogen and oxygen atoms in total. The third kappa shape index (κ3) is 1.93. The van der Waals surface area contributed by atoms with Crippen LogP contribution in [0.25, 0.3) is 22.0 Å². The van der Waals surface area contributed by atoms with Gasteiger partial charge in [-0.25, -0.2) is 4.39 Å². The molecule has 0 radical (unpaired) electrons. The molecule has 1 aromatic heterocycles. The highest BCUT2D eigenvalue weighted by atomic mass is 19.1. The predicted molar refractivity (Wildman–Crippen MR) is 79.9 cm³/mol. The number of nitrogen functional groups attached to an aromatic ring is 1. The van der Waals surface area contributed by atoms with Gasteiger partial charge in [0.15, 0.2) is 0 Å². The molecule has 20 heavy (non-hydrogen) atoms. The minimum Gasteiger partial charge on any atom is -0.382 e. The molecule has 3 aromatic rings. The van der Waals surface area contributed by atoms with E-state index >= 15 is 0 Å². The Balaban J connectivity index is 2.28. The standard InChI is InChI=1S/C16H16FN3/c1-2-5-13-15(19-20-16(13)18)12-8-9-14(17)11-7-4-3-6-10(11)12/h3-4,6-9H,2,5H2,1H3,(H3,18,19,20). The van der Waals surface area contributed by atoms with Gasteiger partial charge in [-0.1, -0.05) is 37.6 Å². The molecule has 0 saturated heterocycles. The summed E-state index contributed by atoms with van der Waals surface area (Å²) < 4.78 is 13.9. The van der Waals surface area contributed by atoms with E-state index in [1.54, 1.807) is 12.1 Å². The molecular weight excluding hydrogens is 253 g/mol. The molecule has 0 unspecified atom stereocenters. The largest absolute Gasteiger partial charge is 0.382 e. The summed E-state index contributed by atoms with van der Waals surface area (Å²) in [5, 5.41) is 8.57. The molecule has 3 rings (SSSR count). The fourth-order valence-corrected chi connectivity index (χ4v) is 2.59. The van der Waals surface area contributed by atoms with Crippen LogP contribution in [-0.4, -0.2) is 10.2 Å². The van der Waals surface area contributed by atoms with Crippen LogP contribution in [0.2, 0.25) is 0 Å². The number of aromatic amines is 1. The molecule has 2 aromatic carbocycles. The number of H-pyrrole nitrogens is 1. The van der Waals surface area contributed by atoms with Gasteiger partial charge in [-0.05, 0) is 23.9 Å². The van der Waals surface area contributed by atoms with E-state index in [9.17, 15) is 4.39 Å². The first-order valence-corrected chi connectivity index (χ1v) is 6.72. The third-order valence-electron chi connectivity index (χ3n) is 3.54. The molecule has 4 heteroatoms. The smallest absolute Gasteiger partial charge is 0.149 e. The van der Waals surface area contributed by atoms with Crippen LogP contribution in [0.1, 0.15) is 18.9 Å². The van der Waals surface area contributed by atoms with Crippen molar-refractivity contribution in [3.8, 4) is 11.3 Å². The van der Waals surface area contributed by atoms with Gasteiger partial charge >= 0.3 is 0 Å². The van der Waals surface area contributed by atoms with Crippen molar-refractivity contribution < 1.29 is 4.39 Å². The van der Waals surface area contributed by atoms with Gasteiger partial charge in [0.05, 0.1) is 5.69 Å². The van der Waals surface area contributed by atoms with E-state index in [0.717, 1.165) is 35.0 Å². The quantitative estimate of drug-likeness (QED) is 0.757. The van der Waals surface area contributed by atoms with Crippen molar-refractivity contribution >= 4 is 16.6 Å². The van der Waals surface area contributed by atoms with Gasteiger partial charge in [0, 0.05) is 16.5 Å². The second-order valence-electron chi connectivity index (χ2n) is 4.85. The van der Waals surface area contributed by atoms with Crippen LogP contribution in [0.3, 0.4) is 0 Å². The third-order valence-corrected chi connectivity index (χ3v) is 3.54. The fourth-order valence-electron chi connectivity index (χ4n) is 2.59. The zero-order valence-electron chi connectivity index (χ0n) is 11.3. The summed E-state index contributed by atoms with van der Waals surface area (Å²) in [6, 6.07) is 10.7. The zero-order chi connectivity index (χ0) is 14.1. The van der Waals surface area contributed by atoms with Crippen LogP contribution < -0.4 is 5.73 Å². The van der Waals surface area contributed by atoms with Crippen molar-refractivity contribution in [1.29, 1.82) is 0 Å². The summed E-state index contributed by atoms with van der Waals surface area (Å²) >= 11 is 0. The Labute approximate surface area is 116 Å². The predicted octanol–water partition coefficient (Wildman–Crippen LogP) is 3.90. The fraction of sp³-hybridized carbons (Fsp3) is 0.188. The lowest BCUT2D eigenvalue weighted by molar-refractivity contribution is 0.640. The first-order valence-electron chi connectivity index (χ1n) is 6.72. The molecule has 102 valence electrons. The molecule has 0 amide bonds. The van der Waals surface area contributed by atoms with E-state index in [1.807, 2.05) is 18.2 Å². The van der Waals surface area contributed by atoms with Crippen molar-refractivity contribution in [2.24, 2.45) is 0 Å². The second kappa shape index (κ2) is 4.96. The molecule has 1 heterocycles. The number of aromatic nitrogens is 2. The van der Waals surface area contributed by atoms with E-state index in [4.69, 9.17) is 5.73 Å². The van der Waals surface area contributed by atoms with Crippen LogP contribution in [0.4, 0.5) is 10.2 Å². The van der Waals surface area contributed by atoms with Gasteiger partial charge in [-0.15, -0.1) is 0 Å². The Kier molecular flexibility index (Phi) is 3.14. The number of anilines is 1. The molecule has 0 atom stereocenters. The van der Waals surface area contributed by atoms with Gasteiger partial charge in [-0.2, -0.15) is 5.10 Å². The van der Waals surface area contributed by atoms with Gasteiger partial charge in [0.25, 0.3) is 0 Å². The maximum atomic E-state index is 13.9. The summed E-state index contributed by atoms with van der Waals surface area (Å²) in [6.07, 6.45) is 1.83. The van der Waals surface area contributed by atoms with Crippen LogP contribution in [0, 0.1) is 5.82 Å². The Morgan fingerprint density at radius 3 is 2.65 bits per heavy atom. The highest BCUT2D eigenvalue weighted by Crippen LogP contribution is 2.33. The lowest BCUT2D eigenvalue weighted by Crippen LogP contribution is -1.93. The van der Waals surface area contributed by atoms with E-state index in [-0.39, 0.29) is 5.82 Å². The molecule has 0 spiro atoms. The number of halogens is 1. The molecule has 0 aliphatic carbocycles. The maximum Gasteiger partial charge on any atom is 0.149 e. The summed E-state index contributed by atoms with van der Waals surface area (Å²) in [5.74, 6) is 0.309. The van der Waals surface area contributed by atoms with Gasteiger partial charge in [0.1, 0.15) is 11.6 Å². The molecule has 3 N–H and O–H groups in total. The number of hydrogen-bond acceptors (Lipinski definition) is 2. The summed E-state index contributed by atoms with van der Waals surface area (Å²) in [5.41, 5.74) is 8.76. The van der Waals surface area contributed by atoms with Crippen molar-refractivity contribution in [3.63, 3.8) is 0 Å². The molecule has 0 aliphatic heterocycles. The van der Waals surface area contributed by atoms with Crippen LogP contribution in [0.5, 0.6) is 0 Å². The van der Waals surface area contributed by atoms with E-state index < -0.39 is 0 Å². The average molecular weight is 269 g/mol. The van der Waals surface area contributed by atoms with Crippen molar-refractivity contribution in [2.75, 3.05) is 5.73 Å². The van der Waals surface area contributed by atoms with Gasteiger partial charge < -0.3 is 5.73 Å². The van der Waals surface area contributed by atoms with Gasteiger partial charge in [0.2, 0.25) is 0 Å². The number of nitrogens with one attached hydrogen (secondary N) is 1. The minimum atomic E-state index is -0.214. The van der Waals surface area contributed by atoms with Crippen molar-refractivity contribution in [1.82, 2.24) is 10.2 Å². The normalized spacial score (nSPS) is 11.1.